The van der Waals surface area contributed by atoms with Crippen molar-refractivity contribution in [2.24, 2.45) is 5.92 Å². The molecule has 0 spiro atoms. The molecule has 3 aromatic rings. The average Bonchev–Trinajstić information content (AvgIpc) is 3.35. The lowest BCUT2D eigenvalue weighted by molar-refractivity contribution is 0.0662. The number of nitrogens with zero attached hydrogens (tertiary/aromatic N) is 3. The van der Waals surface area contributed by atoms with Crippen LogP contribution in [0.25, 0.3) is 4.96 Å². The molecule has 7 heteroatoms. The Labute approximate surface area is 175 Å². The van der Waals surface area contributed by atoms with E-state index in [1.165, 1.54) is 5.56 Å². The summed E-state index contributed by atoms with van der Waals surface area (Å²) in [5.41, 5.74) is 2.74. The first-order valence-electron chi connectivity index (χ1n) is 10.2. The third kappa shape index (κ3) is 4.86. The molecular weight excluding hydrogens is 384 g/mol. The van der Waals surface area contributed by atoms with E-state index in [-0.39, 0.29) is 5.91 Å². The standard InChI is InChI=1S/C22H28N4O2S/c1-25(10-7-17-5-3-2-4-6-17)21(27)20-19(26-11-14-29-22(26)24-20)16-23-15-18-8-12-28-13-9-18/h2-6,11,14,18,23H,7-10,12-13,15-16H2,1H3. The summed E-state index contributed by atoms with van der Waals surface area (Å²) in [4.78, 5) is 20.4. The molecule has 3 heterocycles. The van der Waals surface area contributed by atoms with Gasteiger partial charge in [-0.3, -0.25) is 9.20 Å². The Kier molecular flexibility index (Phi) is 6.59. The van der Waals surface area contributed by atoms with Crippen LogP contribution in [0.3, 0.4) is 0 Å². The smallest absolute Gasteiger partial charge is 0.274 e. The molecule has 154 valence electrons. The number of thiazole rings is 1. The fourth-order valence-electron chi connectivity index (χ4n) is 3.74. The van der Waals surface area contributed by atoms with E-state index in [9.17, 15) is 4.79 Å². The fraction of sp³-hybridized carbons (Fsp3) is 0.455. The maximum Gasteiger partial charge on any atom is 0.274 e. The molecule has 0 bridgehead atoms. The van der Waals surface area contributed by atoms with Gasteiger partial charge >= 0.3 is 0 Å². The van der Waals surface area contributed by atoms with Crippen molar-refractivity contribution in [3.05, 3.63) is 58.9 Å². The molecule has 6 nitrogen and oxygen atoms in total. The van der Waals surface area contributed by atoms with Crippen molar-refractivity contribution in [3.63, 3.8) is 0 Å². The van der Waals surface area contributed by atoms with E-state index in [1.807, 2.05) is 41.2 Å². The topological polar surface area (TPSA) is 58.9 Å². The van der Waals surface area contributed by atoms with Crippen molar-refractivity contribution in [2.45, 2.75) is 25.8 Å². The predicted molar refractivity (Wildman–Crippen MR) is 115 cm³/mol. The largest absolute Gasteiger partial charge is 0.381 e. The summed E-state index contributed by atoms with van der Waals surface area (Å²) in [5.74, 6) is 0.627. The zero-order valence-corrected chi connectivity index (χ0v) is 17.7. The molecule has 0 saturated carbocycles. The van der Waals surface area contributed by atoms with E-state index in [1.54, 1.807) is 16.2 Å². The van der Waals surface area contributed by atoms with E-state index in [2.05, 4.69) is 22.4 Å². The van der Waals surface area contributed by atoms with Gasteiger partial charge in [0.2, 0.25) is 0 Å². The van der Waals surface area contributed by atoms with Crippen molar-refractivity contribution >= 4 is 22.2 Å². The number of ether oxygens (including phenoxy) is 1. The Balaban J connectivity index is 1.42. The molecule has 0 unspecified atom stereocenters. The third-order valence-corrected chi connectivity index (χ3v) is 6.31. The summed E-state index contributed by atoms with van der Waals surface area (Å²) in [5, 5.41) is 5.56. The van der Waals surface area contributed by atoms with Gasteiger partial charge in [-0.15, -0.1) is 11.3 Å². The van der Waals surface area contributed by atoms with E-state index >= 15 is 0 Å². The second-order valence-electron chi connectivity index (χ2n) is 7.61. The molecule has 4 rings (SSSR count). The van der Waals surface area contributed by atoms with Crippen LogP contribution in [0.4, 0.5) is 0 Å². The van der Waals surface area contributed by atoms with Crippen molar-refractivity contribution < 1.29 is 9.53 Å². The lowest BCUT2D eigenvalue weighted by Crippen LogP contribution is -2.31. The maximum atomic E-state index is 13.1. The Morgan fingerprint density at radius 3 is 2.90 bits per heavy atom. The number of hydrogen-bond donors (Lipinski definition) is 1. The van der Waals surface area contributed by atoms with Crippen LogP contribution in [0.2, 0.25) is 0 Å². The lowest BCUT2D eigenvalue weighted by Gasteiger charge is -2.22. The van der Waals surface area contributed by atoms with Crippen molar-refractivity contribution in [1.29, 1.82) is 0 Å². The van der Waals surface area contributed by atoms with Gasteiger partial charge in [-0.2, -0.15) is 0 Å². The van der Waals surface area contributed by atoms with E-state index in [0.717, 1.165) is 49.7 Å². The summed E-state index contributed by atoms with van der Waals surface area (Å²) >= 11 is 1.56. The molecule has 1 aliphatic heterocycles. The number of benzene rings is 1. The van der Waals surface area contributed by atoms with Gasteiger partial charge in [0, 0.05) is 44.9 Å². The number of hydrogen-bond acceptors (Lipinski definition) is 5. The van der Waals surface area contributed by atoms with Crippen molar-refractivity contribution in [1.82, 2.24) is 19.6 Å². The molecule has 0 atom stereocenters. The third-order valence-electron chi connectivity index (χ3n) is 5.56. The van der Waals surface area contributed by atoms with Crippen LogP contribution < -0.4 is 5.32 Å². The second-order valence-corrected chi connectivity index (χ2v) is 8.48. The number of carbonyl (C=O) groups excluding carboxylic acids is 1. The van der Waals surface area contributed by atoms with Gasteiger partial charge < -0.3 is 15.0 Å². The summed E-state index contributed by atoms with van der Waals surface area (Å²) in [6.45, 7) is 3.96. The van der Waals surface area contributed by atoms with Crippen LogP contribution in [0.1, 0.15) is 34.6 Å². The first-order valence-corrected chi connectivity index (χ1v) is 11.1. The first-order chi connectivity index (χ1) is 14.2. The van der Waals surface area contributed by atoms with Crippen LogP contribution in [0.5, 0.6) is 0 Å². The average molecular weight is 413 g/mol. The van der Waals surface area contributed by atoms with Crippen LogP contribution in [0, 0.1) is 5.92 Å². The monoisotopic (exact) mass is 412 g/mol. The van der Waals surface area contributed by atoms with Crippen LogP contribution in [-0.4, -0.2) is 53.5 Å². The van der Waals surface area contributed by atoms with Gasteiger partial charge in [-0.05, 0) is 37.3 Å². The zero-order chi connectivity index (χ0) is 20.1. The highest BCUT2D eigenvalue weighted by Gasteiger charge is 2.23. The predicted octanol–water partition coefficient (Wildman–Crippen LogP) is 3.23. The highest BCUT2D eigenvalue weighted by atomic mass is 32.1. The number of aromatic nitrogens is 2. The second kappa shape index (κ2) is 9.52. The van der Waals surface area contributed by atoms with Gasteiger partial charge in [0.05, 0.1) is 5.69 Å². The Hall–Kier alpha value is -2.22. The summed E-state index contributed by atoms with van der Waals surface area (Å²) in [6, 6.07) is 10.3. The molecule has 1 saturated heterocycles. The minimum Gasteiger partial charge on any atom is -0.381 e. The number of nitrogens with one attached hydrogen (secondary N) is 1. The quantitative estimate of drug-likeness (QED) is 0.617. The van der Waals surface area contributed by atoms with Crippen LogP contribution in [0.15, 0.2) is 41.9 Å². The summed E-state index contributed by atoms with van der Waals surface area (Å²) in [7, 11) is 1.86. The maximum absolute atomic E-state index is 13.1. The van der Waals surface area contributed by atoms with Crippen molar-refractivity contribution in [3.8, 4) is 0 Å². The van der Waals surface area contributed by atoms with Crippen LogP contribution in [-0.2, 0) is 17.7 Å². The zero-order valence-electron chi connectivity index (χ0n) is 16.8. The first kappa shape index (κ1) is 20.1. The van der Waals surface area contributed by atoms with E-state index < -0.39 is 0 Å². The Morgan fingerprint density at radius 2 is 2.10 bits per heavy atom. The van der Waals surface area contributed by atoms with Crippen molar-refractivity contribution in [2.75, 3.05) is 33.4 Å². The van der Waals surface area contributed by atoms with Gasteiger partial charge in [-0.1, -0.05) is 30.3 Å². The normalized spacial score (nSPS) is 15.1. The Bertz CT molecular complexity index is 931. The number of amides is 1. The lowest BCUT2D eigenvalue weighted by atomic mass is 10.0. The molecule has 1 aromatic carbocycles. The number of imidazole rings is 1. The summed E-state index contributed by atoms with van der Waals surface area (Å²) in [6.07, 6.45) is 5.03. The molecule has 0 aliphatic carbocycles. The van der Waals surface area contributed by atoms with Crippen LogP contribution >= 0.6 is 11.3 Å². The molecule has 1 N–H and O–H groups in total. The molecule has 1 fully saturated rings. The minimum atomic E-state index is -0.0142. The Morgan fingerprint density at radius 1 is 1.31 bits per heavy atom. The molecule has 1 amide bonds. The summed E-state index contributed by atoms with van der Waals surface area (Å²) < 4.78 is 7.48. The number of rotatable bonds is 8. The SMILES string of the molecule is CN(CCc1ccccc1)C(=O)c1nc2sccn2c1CNCC1CCOCC1. The minimum absolute atomic E-state index is 0.0142. The van der Waals surface area contributed by atoms with Gasteiger partial charge in [-0.25, -0.2) is 4.98 Å². The van der Waals surface area contributed by atoms with Gasteiger partial charge in [0.1, 0.15) is 0 Å². The molecule has 29 heavy (non-hydrogen) atoms. The number of fused-ring (bicyclic) bond motifs is 1. The van der Waals surface area contributed by atoms with E-state index in [4.69, 9.17) is 4.74 Å². The number of likely N-dealkylation sites (N-methyl/N-ethyl adjacent to an activating group) is 1. The molecule has 2 aromatic heterocycles. The molecule has 0 radical (unpaired) electrons. The van der Waals surface area contributed by atoms with Gasteiger partial charge in [0.25, 0.3) is 5.91 Å². The molecule has 1 aliphatic rings. The van der Waals surface area contributed by atoms with Gasteiger partial charge in [0.15, 0.2) is 10.7 Å². The fourth-order valence-corrected chi connectivity index (χ4v) is 4.47. The highest BCUT2D eigenvalue weighted by Crippen LogP contribution is 2.20. The number of carbonyl (C=O) groups is 1. The molecular formula is C22H28N4O2S. The highest BCUT2D eigenvalue weighted by molar-refractivity contribution is 7.15. The van der Waals surface area contributed by atoms with E-state index in [0.29, 0.717) is 24.7 Å².